The van der Waals surface area contributed by atoms with Gasteiger partial charge in [-0.3, -0.25) is 9.59 Å². The molecule has 4 nitrogen and oxygen atoms in total. The third kappa shape index (κ3) is 2.94. The van der Waals surface area contributed by atoms with Crippen molar-refractivity contribution in [1.29, 1.82) is 0 Å². The second kappa shape index (κ2) is 6.04. The van der Waals surface area contributed by atoms with Gasteiger partial charge in [-0.2, -0.15) is 5.10 Å². The van der Waals surface area contributed by atoms with Gasteiger partial charge in [0.1, 0.15) is 5.78 Å². The minimum atomic E-state index is -0.442. The topological polar surface area (TPSA) is 52.0 Å². The summed E-state index contributed by atoms with van der Waals surface area (Å²) in [4.78, 5) is 24.6. The highest BCUT2D eigenvalue weighted by molar-refractivity contribution is 6.10. The molecule has 1 aromatic heterocycles. The Kier molecular flexibility index (Phi) is 3.95. The van der Waals surface area contributed by atoms with Crippen molar-refractivity contribution in [1.82, 2.24) is 9.78 Å². The van der Waals surface area contributed by atoms with Crippen molar-refractivity contribution in [3.8, 4) is 5.69 Å². The van der Waals surface area contributed by atoms with Gasteiger partial charge in [-0.15, -0.1) is 0 Å². The number of ketones is 2. The smallest absolute Gasteiger partial charge is 0.173 e. The molecule has 1 aromatic carbocycles. The number of rotatable bonds is 3. The van der Waals surface area contributed by atoms with Gasteiger partial charge in [0.05, 0.1) is 11.6 Å². The lowest BCUT2D eigenvalue weighted by Gasteiger charge is -2.12. The number of hydrogen-bond donors (Lipinski definition) is 0. The SMILES string of the molecule is O=C1CCCCCC1C(=O)c1ccc(-n2cccn2)cc1. The molecule has 1 aliphatic rings. The zero-order chi connectivity index (χ0) is 14.7. The van der Waals surface area contributed by atoms with E-state index in [1.807, 2.05) is 24.4 Å². The summed E-state index contributed by atoms with van der Waals surface area (Å²) in [5.74, 6) is -0.370. The van der Waals surface area contributed by atoms with E-state index in [-0.39, 0.29) is 11.6 Å². The molecule has 1 fully saturated rings. The fourth-order valence-corrected chi connectivity index (χ4v) is 2.84. The summed E-state index contributed by atoms with van der Waals surface area (Å²) in [7, 11) is 0. The van der Waals surface area contributed by atoms with Gasteiger partial charge in [0.15, 0.2) is 5.78 Å². The quantitative estimate of drug-likeness (QED) is 0.493. The fourth-order valence-electron chi connectivity index (χ4n) is 2.84. The van der Waals surface area contributed by atoms with Crippen LogP contribution in [0.2, 0.25) is 0 Å². The number of benzene rings is 1. The molecule has 3 rings (SSSR count). The summed E-state index contributed by atoms with van der Waals surface area (Å²) in [5.41, 5.74) is 1.52. The lowest BCUT2D eigenvalue weighted by Crippen LogP contribution is -2.23. The zero-order valence-electron chi connectivity index (χ0n) is 11.9. The normalized spacial score (nSPS) is 19.2. The number of nitrogens with zero attached hydrogens (tertiary/aromatic N) is 2. The third-order valence-electron chi connectivity index (χ3n) is 4.04. The molecule has 4 heteroatoms. The number of hydrogen-bond acceptors (Lipinski definition) is 3. The summed E-state index contributed by atoms with van der Waals surface area (Å²) in [6.07, 6.45) is 7.73. The van der Waals surface area contributed by atoms with Crippen LogP contribution in [0.3, 0.4) is 0 Å². The highest BCUT2D eigenvalue weighted by atomic mass is 16.1. The van der Waals surface area contributed by atoms with Gasteiger partial charge in [0.2, 0.25) is 0 Å². The molecule has 1 saturated carbocycles. The molecule has 0 bridgehead atoms. The summed E-state index contributed by atoms with van der Waals surface area (Å²) in [6.45, 7) is 0. The molecule has 0 radical (unpaired) electrons. The summed E-state index contributed by atoms with van der Waals surface area (Å²) < 4.78 is 1.74. The predicted octanol–water partition coefficient (Wildman–Crippen LogP) is 3.20. The maximum Gasteiger partial charge on any atom is 0.173 e. The molecule has 0 aliphatic heterocycles. The average molecular weight is 282 g/mol. The Labute approximate surface area is 123 Å². The van der Waals surface area contributed by atoms with Gasteiger partial charge < -0.3 is 0 Å². The van der Waals surface area contributed by atoms with Crippen LogP contribution in [-0.2, 0) is 4.79 Å². The Bertz CT molecular complexity index is 629. The van der Waals surface area contributed by atoms with Crippen LogP contribution in [0.1, 0.15) is 42.5 Å². The third-order valence-corrected chi connectivity index (χ3v) is 4.04. The molecule has 1 atom stereocenters. The van der Waals surface area contributed by atoms with Gasteiger partial charge >= 0.3 is 0 Å². The van der Waals surface area contributed by atoms with Gasteiger partial charge in [-0.05, 0) is 43.2 Å². The Morgan fingerprint density at radius 1 is 1.14 bits per heavy atom. The lowest BCUT2D eigenvalue weighted by molar-refractivity contribution is -0.121. The molecule has 1 unspecified atom stereocenters. The van der Waals surface area contributed by atoms with E-state index in [1.165, 1.54) is 0 Å². The Morgan fingerprint density at radius 2 is 1.95 bits per heavy atom. The van der Waals surface area contributed by atoms with Crippen LogP contribution in [0.4, 0.5) is 0 Å². The fraction of sp³-hybridized carbons (Fsp3) is 0.353. The van der Waals surface area contributed by atoms with Gasteiger partial charge in [0.25, 0.3) is 0 Å². The molecule has 0 N–H and O–H groups in total. The summed E-state index contributed by atoms with van der Waals surface area (Å²) in [5, 5.41) is 4.15. The van der Waals surface area contributed by atoms with E-state index >= 15 is 0 Å². The number of aromatic nitrogens is 2. The Morgan fingerprint density at radius 3 is 2.67 bits per heavy atom. The van der Waals surface area contributed by atoms with Crippen molar-refractivity contribution >= 4 is 11.6 Å². The zero-order valence-corrected chi connectivity index (χ0v) is 11.9. The van der Waals surface area contributed by atoms with Crippen molar-refractivity contribution in [3.63, 3.8) is 0 Å². The maximum absolute atomic E-state index is 12.5. The van der Waals surface area contributed by atoms with Gasteiger partial charge in [-0.1, -0.05) is 12.8 Å². The second-order valence-electron chi connectivity index (χ2n) is 5.48. The lowest BCUT2D eigenvalue weighted by atomic mass is 9.90. The second-order valence-corrected chi connectivity index (χ2v) is 5.48. The van der Waals surface area contributed by atoms with E-state index in [0.29, 0.717) is 18.4 Å². The predicted molar refractivity (Wildman–Crippen MR) is 79.5 cm³/mol. The van der Waals surface area contributed by atoms with E-state index < -0.39 is 5.92 Å². The monoisotopic (exact) mass is 282 g/mol. The van der Waals surface area contributed by atoms with Crippen molar-refractivity contribution < 1.29 is 9.59 Å². The Balaban J connectivity index is 1.80. The van der Waals surface area contributed by atoms with Crippen LogP contribution in [0, 0.1) is 5.92 Å². The van der Waals surface area contributed by atoms with Crippen LogP contribution in [0.5, 0.6) is 0 Å². The molecular formula is C17H18N2O2. The number of Topliss-reactive ketones (excluding diaryl/α,β-unsaturated/α-hetero) is 2. The van der Waals surface area contributed by atoms with E-state index in [9.17, 15) is 9.59 Å². The molecule has 1 aliphatic carbocycles. The van der Waals surface area contributed by atoms with Crippen molar-refractivity contribution in [2.75, 3.05) is 0 Å². The van der Waals surface area contributed by atoms with Gasteiger partial charge in [0, 0.05) is 24.4 Å². The first-order valence-corrected chi connectivity index (χ1v) is 7.43. The molecule has 0 amide bonds. The molecule has 1 heterocycles. The number of carbonyl (C=O) groups excluding carboxylic acids is 2. The largest absolute Gasteiger partial charge is 0.299 e. The molecule has 0 spiro atoms. The average Bonchev–Trinajstić information content (AvgIpc) is 2.96. The standard InChI is InChI=1S/C17H18N2O2/c20-16-6-3-1-2-5-15(16)17(21)13-7-9-14(10-8-13)19-12-4-11-18-19/h4,7-12,15H,1-3,5-6H2. The van der Waals surface area contributed by atoms with Crippen molar-refractivity contribution in [2.24, 2.45) is 5.92 Å². The minimum absolute atomic E-state index is 0.0334. The first-order valence-electron chi connectivity index (χ1n) is 7.43. The van der Waals surface area contributed by atoms with Crippen molar-refractivity contribution in [2.45, 2.75) is 32.1 Å². The summed E-state index contributed by atoms with van der Waals surface area (Å²) in [6, 6.07) is 9.15. The van der Waals surface area contributed by atoms with Crippen LogP contribution < -0.4 is 0 Å². The van der Waals surface area contributed by atoms with Crippen LogP contribution in [0.15, 0.2) is 42.7 Å². The first kappa shape index (κ1) is 13.7. The minimum Gasteiger partial charge on any atom is -0.299 e. The molecule has 0 saturated heterocycles. The number of carbonyl (C=O) groups is 2. The van der Waals surface area contributed by atoms with Crippen molar-refractivity contribution in [3.05, 3.63) is 48.3 Å². The van der Waals surface area contributed by atoms with E-state index in [2.05, 4.69) is 5.10 Å². The Hall–Kier alpha value is -2.23. The highest BCUT2D eigenvalue weighted by Crippen LogP contribution is 2.24. The first-order chi connectivity index (χ1) is 10.3. The van der Waals surface area contributed by atoms with E-state index in [0.717, 1.165) is 24.9 Å². The van der Waals surface area contributed by atoms with Crippen LogP contribution in [-0.4, -0.2) is 21.3 Å². The van der Waals surface area contributed by atoms with E-state index in [4.69, 9.17) is 0 Å². The molecule has 2 aromatic rings. The summed E-state index contributed by atoms with van der Waals surface area (Å²) >= 11 is 0. The van der Waals surface area contributed by atoms with Gasteiger partial charge in [-0.25, -0.2) is 4.68 Å². The van der Waals surface area contributed by atoms with Crippen LogP contribution in [0.25, 0.3) is 5.69 Å². The molecule has 21 heavy (non-hydrogen) atoms. The maximum atomic E-state index is 12.5. The van der Waals surface area contributed by atoms with E-state index in [1.54, 1.807) is 23.0 Å². The highest BCUT2D eigenvalue weighted by Gasteiger charge is 2.28. The van der Waals surface area contributed by atoms with Crippen LogP contribution >= 0.6 is 0 Å². The molecule has 108 valence electrons. The molecular weight excluding hydrogens is 264 g/mol.